The monoisotopic (exact) mass is 317 g/mol. The second kappa shape index (κ2) is 7.30. The van der Waals surface area contributed by atoms with Gasteiger partial charge in [0.05, 0.1) is 13.2 Å². The average Bonchev–Trinajstić information content (AvgIpc) is 3.03. The Balaban J connectivity index is 1.67. The van der Waals surface area contributed by atoms with Crippen LogP contribution >= 0.6 is 0 Å². The lowest BCUT2D eigenvalue weighted by atomic mass is 9.97. The number of rotatable bonds is 4. The molecule has 1 amide bonds. The van der Waals surface area contributed by atoms with Crippen molar-refractivity contribution < 1.29 is 9.53 Å². The first-order valence-electron chi connectivity index (χ1n) is 8.71. The highest BCUT2D eigenvalue weighted by molar-refractivity contribution is 5.93. The van der Waals surface area contributed by atoms with Gasteiger partial charge < -0.3 is 14.5 Å². The molecule has 0 spiro atoms. The fourth-order valence-electron chi connectivity index (χ4n) is 3.59. The topological polar surface area (TPSA) is 45.7 Å². The lowest BCUT2D eigenvalue weighted by molar-refractivity contribution is 0.0299. The highest BCUT2D eigenvalue weighted by atomic mass is 16.5. The summed E-state index contributed by atoms with van der Waals surface area (Å²) in [6, 6.07) is 3.98. The van der Waals surface area contributed by atoms with Gasteiger partial charge in [0.2, 0.25) is 0 Å². The molecular weight excluding hydrogens is 290 g/mol. The minimum absolute atomic E-state index is 0.0214. The van der Waals surface area contributed by atoms with Crippen molar-refractivity contribution in [1.82, 2.24) is 9.88 Å². The SMILES string of the molecule is CC(C)C[C@H]1CCN(c2ccnc(C(=O)N3CCOCC3)c2)C1. The highest BCUT2D eigenvalue weighted by Crippen LogP contribution is 2.28. The minimum Gasteiger partial charge on any atom is -0.378 e. The molecule has 0 bridgehead atoms. The van der Waals surface area contributed by atoms with E-state index in [9.17, 15) is 4.79 Å². The highest BCUT2D eigenvalue weighted by Gasteiger charge is 2.25. The number of amides is 1. The van der Waals surface area contributed by atoms with Crippen LogP contribution in [0.1, 0.15) is 37.2 Å². The number of pyridine rings is 1. The summed E-state index contributed by atoms with van der Waals surface area (Å²) < 4.78 is 5.31. The fourth-order valence-corrected chi connectivity index (χ4v) is 3.59. The molecule has 0 N–H and O–H groups in total. The first-order chi connectivity index (χ1) is 11.1. The van der Waals surface area contributed by atoms with E-state index in [4.69, 9.17) is 4.74 Å². The molecule has 0 saturated carbocycles. The van der Waals surface area contributed by atoms with Gasteiger partial charge >= 0.3 is 0 Å². The molecule has 1 aromatic heterocycles. The summed E-state index contributed by atoms with van der Waals surface area (Å²) in [5.74, 6) is 1.53. The van der Waals surface area contributed by atoms with Crippen LogP contribution in [-0.4, -0.2) is 55.2 Å². The maximum absolute atomic E-state index is 12.6. The number of nitrogens with zero attached hydrogens (tertiary/aromatic N) is 3. The lowest BCUT2D eigenvalue weighted by Gasteiger charge is -2.27. The van der Waals surface area contributed by atoms with Crippen molar-refractivity contribution in [2.45, 2.75) is 26.7 Å². The number of ether oxygens (including phenoxy) is 1. The Morgan fingerprint density at radius 2 is 2.13 bits per heavy atom. The minimum atomic E-state index is 0.0214. The summed E-state index contributed by atoms with van der Waals surface area (Å²) in [4.78, 5) is 21.1. The predicted molar refractivity (Wildman–Crippen MR) is 90.7 cm³/mol. The van der Waals surface area contributed by atoms with Gasteiger partial charge in [0.1, 0.15) is 5.69 Å². The summed E-state index contributed by atoms with van der Waals surface area (Å²) >= 11 is 0. The van der Waals surface area contributed by atoms with Crippen LogP contribution in [0.3, 0.4) is 0 Å². The number of carbonyl (C=O) groups is 1. The van der Waals surface area contributed by atoms with E-state index in [-0.39, 0.29) is 5.91 Å². The van der Waals surface area contributed by atoms with Gasteiger partial charge in [-0.15, -0.1) is 0 Å². The molecule has 3 heterocycles. The van der Waals surface area contributed by atoms with E-state index in [0.29, 0.717) is 32.0 Å². The normalized spacial score (nSPS) is 22.0. The van der Waals surface area contributed by atoms with Crippen LogP contribution in [0.2, 0.25) is 0 Å². The molecule has 0 aromatic carbocycles. The number of anilines is 1. The van der Waals surface area contributed by atoms with E-state index < -0.39 is 0 Å². The van der Waals surface area contributed by atoms with Crippen molar-refractivity contribution in [3.05, 3.63) is 24.0 Å². The molecule has 5 nitrogen and oxygen atoms in total. The van der Waals surface area contributed by atoms with E-state index in [1.54, 1.807) is 6.20 Å². The predicted octanol–water partition coefficient (Wildman–Crippen LogP) is 2.43. The van der Waals surface area contributed by atoms with Crippen molar-refractivity contribution in [3.8, 4) is 0 Å². The van der Waals surface area contributed by atoms with Crippen molar-refractivity contribution in [3.63, 3.8) is 0 Å². The Kier molecular flexibility index (Phi) is 5.16. The van der Waals surface area contributed by atoms with E-state index in [1.165, 1.54) is 12.8 Å². The van der Waals surface area contributed by atoms with Crippen molar-refractivity contribution in [2.75, 3.05) is 44.3 Å². The molecule has 23 heavy (non-hydrogen) atoms. The fraction of sp³-hybridized carbons (Fsp3) is 0.667. The Morgan fingerprint density at radius 3 is 2.87 bits per heavy atom. The van der Waals surface area contributed by atoms with Crippen LogP contribution in [0.25, 0.3) is 0 Å². The summed E-state index contributed by atoms with van der Waals surface area (Å²) in [5.41, 5.74) is 1.68. The molecule has 2 aliphatic heterocycles. The molecule has 0 radical (unpaired) electrons. The van der Waals surface area contributed by atoms with Gasteiger partial charge in [-0.3, -0.25) is 9.78 Å². The summed E-state index contributed by atoms with van der Waals surface area (Å²) in [7, 11) is 0. The molecule has 2 saturated heterocycles. The molecule has 3 rings (SSSR count). The number of hydrogen-bond donors (Lipinski definition) is 0. The number of aromatic nitrogens is 1. The largest absolute Gasteiger partial charge is 0.378 e. The maximum Gasteiger partial charge on any atom is 0.272 e. The maximum atomic E-state index is 12.6. The van der Waals surface area contributed by atoms with Crippen LogP contribution in [0, 0.1) is 11.8 Å². The molecule has 1 atom stereocenters. The molecule has 0 unspecified atom stereocenters. The molecule has 1 aromatic rings. The van der Waals surface area contributed by atoms with Crippen LogP contribution in [-0.2, 0) is 4.74 Å². The van der Waals surface area contributed by atoms with Crippen molar-refractivity contribution in [2.24, 2.45) is 11.8 Å². The summed E-state index contributed by atoms with van der Waals surface area (Å²) in [5, 5.41) is 0. The second-order valence-corrected chi connectivity index (χ2v) is 7.03. The van der Waals surface area contributed by atoms with Gasteiger partial charge in [0.15, 0.2) is 0 Å². The van der Waals surface area contributed by atoms with E-state index >= 15 is 0 Å². The van der Waals surface area contributed by atoms with E-state index in [1.807, 2.05) is 17.0 Å². The van der Waals surface area contributed by atoms with Gasteiger partial charge in [0.25, 0.3) is 5.91 Å². The second-order valence-electron chi connectivity index (χ2n) is 7.03. The lowest BCUT2D eigenvalue weighted by Crippen LogP contribution is -2.41. The number of carbonyl (C=O) groups excluding carboxylic acids is 1. The Labute approximate surface area is 138 Å². The zero-order valence-electron chi connectivity index (χ0n) is 14.2. The number of morpholine rings is 1. The van der Waals surface area contributed by atoms with Crippen LogP contribution < -0.4 is 4.90 Å². The van der Waals surface area contributed by atoms with Gasteiger partial charge in [-0.25, -0.2) is 0 Å². The van der Waals surface area contributed by atoms with Gasteiger partial charge in [0, 0.05) is 38.1 Å². The Morgan fingerprint density at radius 1 is 1.35 bits per heavy atom. The third-order valence-corrected chi connectivity index (χ3v) is 4.72. The molecule has 126 valence electrons. The quantitative estimate of drug-likeness (QED) is 0.855. The van der Waals surface area contributed by atoms with Crippen molar-refractivity contribution in [1.29, 1.82) is 0 Å². The van der Waals surface area contributed by atoms with E-state index in [0.717, 1.165) is 30.6 Å². The molecule has 2 fully saturated rings. The Hall–Kier alpha value is -1.62. The first-order valence-corrected chi connectivity index (χ1v) is 8.71. The van der Waals surface area contributed by atoms with Crippen LogP contribution in [0.15, 0.2) is 18.3 Å². The standard InChI is InChI=1S/C18H27N3O2/c1-14(2)11-15-4-6-21(13-15)16-3-5-19-17(12-16)18(22)20-7-9-23-10-8-20/h3,5,12,14-15H,4,6-11,13H2,1-2H3/t15-/m1/s1. The molecular formula is C18H27N3O2. The third kappa shape index (κ3) is 4.02. The smallest absolute Gasteiger partial charge is 0.272 e. The van der Waals surface area contributed by atoms with E-state index in [2.05, 4.69) is 23.7 Å². The summed E-state index contributed by atoms with van der Waals surface area (Å²) in [6.45, 7) is 9.29. The van der Waals surface area contributed by atoms with Crippen molar-refractivity contribution >= 4 is 11.6 Å². The Bertz CT molecular complexity index is 541. The van der Waals surface area contributed by atoms with Gasteiger partial charge in [-0.1, -0.05) is 13.8 Å². The summed E-state index contributed by atoms with van der Waals surface area (Å²) in [6.07, 6.45) is 4.28. The zero-order chi connectivity index (χ0) is 16.2. The average molecular weight is 317 g/mol. The third-order valence-electron chi connectivity index (χ3n) is 4.72. The molecule has 2 aliphatic rings. The van der Waals surface area contributed by atoms with Crippen LogP contribution in [0.4, 0.5) is 5.69 Å². The van der Waals surface area contributed by atoms with Gasteiger partial charge in [-0.2, -0.15) is 0 Å². The van der Waals surface area contributed by atoms with Crippen LogP contribution in [0.5, 0.6) is 0 Å². The number of hydrogen-bond acceptors (Lipinski definition) is 4. The zero-order valence-corrected chi connectivity index (χ0v) is 14.2. The van der Waals surface area contributed by atoms with Gasteiger partial charge in [-0.05, 0) is 36.8 Å². The molecule has 0 aliphatic carbocycles. The molecule has 5 heteroatoms. The first kappa shape index (κ1) is 16.2.